The highest BCUT2D eigenvalue weighted by molar-refractivity contribution is 6.12. The van der Waals surface area contributed by atoms with Gasteiger partial charge in [0.25, 0.3) is 11.6 Å². The lowest BCUT2D eigenvalue weighted by molar-refractivity contribution is 0.102. The first-order chi connectivity index (χ1) is 12.7. The van der Waals surface area contributed by atoms with Crippen LogP contribution in [0, 0.1) is 6.92 Å². The van der Waals surface area contributed by atoms with Gasteiger partial charge in [0, 0.05) is 11.6 Å². The Bertz CT molecular complexity index is 1040. The lowest BCUT2D eigenvalue weighted by Gasteiger charge is -2.20. The lowest BCUT2D eigenvalue weighted by Crippen LogP contribution is -2.15. The Labute approximate surface area is 157 Å². The number of benzene rings is 1. The second-order valence-electron chi connectivity index (χ2n) is 8.25. The number of amides is 1. The number of carbonyl (C=O) groups is 1. The molecule has 0 spiro atoms. The molecule has 0 atom stereocenters. The van der Waals surface area contributed by atoms with Gasteiger partial charge in [-0.2, -0.15) is 0 Å². The predicted molar refractivity (Wildman–Crippen MR) is 103 cm³/mol. The van der Waals surface area contributed by atoms with Crippen LogP contribution in [0.25, 0.3) is 11.1 Å². The second-order valence-corrected chi connectivity index (χ2v) is 8.25. The van der Waals surface area contributed by atoms with Crippen molar-refractivity contribution >= 4 is 22.7 Å². The van der Waals surface area contributed by atoms with Crippen molar-refractivity contribution in [2.24, 2.45) is 0 Å². The number of aryl methyl sites for hydroxylation is 1. The molecule has 0 aliphatic heterocycles. The molecule has 1 aliphatic rings. The number of aromatic nitrogens is 2. The van der Waals surface area contributed by atoms with Crippen molar-refractivity contribution in [1.82, 2.24) is 10.1 Å². The second kappa shape index (κ2) is 6.08. The van der Waals surface area contributed by atoms with Gasteiger partial charge in [-0.15, -0.1) is 0 Å². The molecule has 0 bridgehead atoms. The lowest BCUT2D eigenvalue weighted by atomic mass is 9.87. The first kappa shape index (κ1) is 17.5. The minimum absolute atomic E-state index is 0.0334. The molecule has 27 heavy (non-hydrogen) atoms. The van der Waals surface area contributed by atoms with Crippen molar-refractivity contribution in [3.63, 3.8) is 0 Å². The van der Waals surface area contributed by atoms with E-state index in [0.717, 1.165) is 24.1 Å². The summed E-state index contributed by atoms with van der Waals surface area (Å²) in [5.41, 5.74) is 3.65. The molecule has 2 aromatic heterocycles. The van der Waals surface area contributed by atoms with Gasteiger partial charge in [-0.05, 0) is 48.9 Å². The number of nitrogens with zero attached hydrogens (tertiary/aromatic N) is 2. The molecule has 1 aromatic carbocycles. The Morgan fingerprint density at radius 1 is 1.26 bits per heavy atom. The molecule has 3 aromatic rings. The zero-order valence-corrected chi connectivity index (χ0v) is 16.0. The summed E-state index contributed by atoms with van der Waals surface area (Å²) in [7, 11) is 0. The van der Waals surface area contributed by atoms with E-state index in [0.29, 0.717) is 34.0 Å². The summed E-state index contributed by atoms with van der Waals surface area (Å²) in [5.74, 6) is 0.104. The average molecular weight is 365 g/mol. The Kier molecular flexibility index (Phi) is 3.94. The van der Waals surface area contributed by atoms with Crippen molar-refractivity contribution in [3.05, 3.63) is 46.8 Å². The highest BCUT2D eigenvalue weighted by Gasteiger charge is 2.29. The Morgan fingerprint density at radius 2 is 2.00 bits per heavy atom. The van der Waals surface area contributed by atoms with E-state index < -0.39 is 0 Å². The Hall–Kier alpha value is -2.89. The molecule has 1 amide bonds. The zero-order chi connectivity index (χ0) is 19.3. The maximum Gasteiger partial charge on any atom is 0.259 e. The van der Waals surface area contributed by atoms with E-state index in [4.69, 9.17) is 4.52 Å². The fourth-order valence-electron chi connectivity index (χ4n) is 3.17. The molecule has 1 saturated carbocycles. The fourth-order valence-corrected chi connectivity index (χ4v) is 3.17. The van der Waals surface area contributed by atoms with Gasteiger partial charge in [0.2, 0.25) is 0 Å². The minimum Gasteiger partial charge on any atom is -0.506 e. The van der Waals surface area contributed by atoms with Crippen LogP contribution < -0.4 is 5.32 Å². The van der Waals surface area contributed by atoms with E-state index in [1.54, 1.807) is 13.0 Å². The maximum atomic E-state index is 13.1. The van der Waals surface area contributed by atoms with E-state index in [2.05, 4.69) is 36.2 Å². The standard InChI is InChI=1S/C21H23N3O3/c1-11-18-14(10-15(12-5-6-12)23-20(18)27-24-11)19(26)22-16-9-13(21(2,3)4)7-8-17(16)25/h7-10,12,25H,5-6H2,1-4H3,(H,22,26). The van der Waals surface area contributed by atoms with Crippen molar-refractivity contribution in [3.8, 4) is 5.75 Å². The van der Waals surface area contributed by atoms with Gasteiger partial charge in [-0.25, -0.2) is 4.98 Å². The summed E-state index contributed by atoms with van der Waals surface area (Å²) in [6, 6.07) is 7.11. The van der Waals surface area contributed by atoms with Crippen LogP contribution in [0.3, 0.4) is 0 Å². The first-order valence-electron chi connectivity index (χ1n) is 9.16. The number of nitrogens with one attached hydrogen (secondary N) is 1. The molecule has 140 valence electrons. The van der Waals surface area contributed by atoms with Crippen LogP contribution in [0.4, 0.5) is 5.69 Å². The van der Waals surface area contributed by atoms with E-state index in [-0.39, 0.29) is 17.1 Å². The number of anilines is 1. The molecule has 4 rings (SSSR count). The van der Waals surface area contributed by atoms with Crippen LogP contribution in [-0.2, 0) is 5.41 Å². The fraction of sp³-hybridized carbons (Fsp3) is 0.381. The van der Waals surface area contributed by atoms with Gasteiger partial charge >= 0.3 is 0 Å². The Balaban J connectivity index is 1.75. The molecule has 2 N–H and O–H groups in total. The number of hydrogen-bond donors (Lipinski definition) is 2. The van der Waals surface area contributed by atoms with Crippen LogP contribution >= 0.6 is 0 Å². The number of fused-ring (bicyclic) bond motifs is 1. The smallest absolute Gasteiger partial charge is 0.259 e. The summed E-state index contributed by atoms with van der Waals surface area (Å²) in [5, 5.41) is 17.6. The van der Waals surface area contributed by atoms with Crippen molar-refractivity contribution in [2.75, 3.05) is 5.32 Å². The number of rotatable bonds is 3. The highest BCUT2D eigenvalue weighted by Crippen LogP contribution is 2.40. The normalized spacial score (nSPS) is 14.5. The third kappa shape index (κ3) is 3.27. The van der Waals surface area contributed by atoms with Crippen molar-refractivity contribution in [1.29, 1.82) is 0 Å². The largest absolute Gasteiger partial charge is 0.506 e. The summed E-state index contributed by atoms with van der Waals surface area (Å²) in [6.07, 6.45) is 2.14. The molecule has 0 unspecified atom stereocenters. The summed E-state index contributed by atoms with van der Waals surface area (Å²) >= 11 is 0. The van der Waals surface area contributed by atoms with E-state index in [9.17, 15) is 9.90 Å². The first-order valence-corrected chi connectivity index (χ1v) is 9.16. The predicted octanol–water partition coefficient (Wildman–Crippen LogP) is 4.66. The van der Waals surface area contributed by atoms with Crippen molar-refractivity contribution < 1.29 is 14.4 Å². The van der Waals surface area contributed by atoms with Crippen LogP contribution in [0.15, 0.2) is 28.8 Å². The molecular formula is C21H23N3O3. The molecule has 1 fully saturated rings. The summed E-state index contributed by atoms with van der Waals surface area (Å²) in [6.45, 7) is 8.04. The summed E-state index contributed by atoms with van der Waals surface area (Å²) in [4.78, 5) is 17.6. The van der Waals surface area contributed by atoms with Gasteiger partial charge < -0.3 is 14.9 Å². The zero-order valence-electron chi connectivity index (χ0n) is 16.0. The molecule has 1 aliphatic carbocycles. The quantitative estimate of drug-likeness (QED) is 0.659. The number of phenolic OH excluding ortho intramolecular Hbond substituents is 1. The molecule has 6 nitrogen and oxygen atoms in total. The van der Waals surface area contributed by atoms with Crippen LogP contribution in [0.2, 0.25) is 0 Å². The third-order valence-corrected chi connectivity index (χ3v) is 4.99. The Morgan fingerprint density at radius 3 is 2.67 bits per heavy atom. The number of hydrogen-bond acceptors (Lipinski definition) is 5. The van der Waals surface area contributed by atoms with Gasteiger partial charge in [-0.1, -0.05) is 32.0 Å². The average Bonchev–Trinajstić information content (AvgIpc) is 3.39. The molecule has 0 saturated heterocycles. The monoisotopic (exact) mass is 365 g/mol. The van der Waals surface area contributed by atoms with Crippen LogP contribution in [0.1, 0.15) is 66.8 Å². The minimum atomic E-state index is -0.308. The SMILES string of the molecule is Cc1noc2nc(C3CC3)cc(C(=O)Nc3cc(C(C)(C)C)ccc3O)c12. The molecule has 2 heterocycles. The van der Waals surface area contributed by atoms with Gasteiger partial charge in [-0.3, -0.25) is 4.79 Å². The van der Waals surface area contributed by atoms with Crippen LogP contribution in [0.5, 0.6) is 5.75 Å². The van der Waals surface area contributed by atoms with Gasteiger partial charge in [0.05, 0.1) is 22.3 Å². The van der Waals surface area contributed by atoms with Crippen LogP contribution in [-0.4, -0.2) is 21.2 Å². The maximum absolute atomic E-state index is 13.1. The van der Waals surface area contributed by atoms with E-state index in [1.807, 2.05) is 18.2 Å². The van der Waals surface area contributed by atoms with Crippen molar-refractivity contribution in [2.45, 2.75) is 51.9 Å². The van der Waals surface area contributed by atoms with E-state index >= 15 is 0 Å². The molecule has 6 heteroatoms. The molecule has 0 radical (unpaired) electrons. The highest BCUT2D eigenvalue weighted by atomic mass is 16.5. The molecular weight excluding hydrogens is 342 g/mol. The number of pyridine rings is 1. The van der Waals surface area contributed by atoms with E-state index in [1.165, 1.54) is 0 Å². The third-order valence-electron chi connectivity index (χ3n) is 4.99. The topological polar surface area (TPSA) is 88.2 Å². The van der Waals surface area contributed by atoms with Gasteiger partial charge in [0.15, 0.2) is 0 Å². The number of carbonyl (C=O) groups excluding carboxylic acids is 1. The number of aromatic hydroxyl groups is 1. The summed E-state index contributed by atoms with van der Waals surface area (Å²) < 4.78 is 5.31. The number of phenols is 1. The van der Waals surface area contributed by atoms with Gasteiger partial charge in [0.1, 0.15) is 5.75 Å².